The van der Waals surface area contributed by atoms with E-state index in [4.69, 9.17) is 10.5 Å². The van der Waals surface area contributed by atoms with Crippen molar-refractivity contribution >= 4 is 21.4 Å². The molecule has 1 aromatic carbocycles. The van der Waals surface area contributed by atoms with E-state index in [1.165, 1.54) is 5.01 Å². The molecule has 1 aromatic rings. The number of rotatable bonds is 4. The molecule has 0 aromatic heterocycles. The second kappa shape index (κ2) is 5.71. The third kappa shape index (κ3) is 3.22. The first-order chi connectivity index (χ1) is 9.40. The number of sulfonamides is 1. The van der Waals surface area contributed by atoms with Crippen LogP contribution in [0, 0.1) is 10.1 Å². The number of ether oxygens (including phenoxy) is 1. The molecule has 0 aliphatic carbocycles. The van der Waals surface area contributed by atoms with E-state index in [-0.39, 0.29) is 16.3 Å². The number of hydrogen-bond donors (Lipinski definition) is 2. The van der Waals surface area contributed by atoms with Gasteiger partial charge in [-0.25, -0.2) is 13.4 Å². The minimum atomic E-state index is -3.86. The lowest BCUT2D eigenvalue weighted by Gasteiger charge is -2.26. The molecule has 3 N–H and O–H groups in total. The van der Waals surface area contributed by atoms with Gasteiger partial charge in [-0.2, -0.15) is 0 Å². The highest BCUT2D eigenvalue weighted by atomic mass is 32.2. The number of nitro groups is 1. The molecule has 0 unspecified atom stereocenters. The van der Waals surface area contributed by atoms with Crippen LogP contribution in [0.15, 0.2) is 23.1 Å². The maximum Gasteiger partial charge on any atom is 0.271 e. The van der Waals surface area contributed by atoms with E-state index in [0.29, 0.717) is 26.3 Å². The number of nitrogen functional groups attached to an aromatic ring is 1. The van der Waals surface area contributed by atoms with Crippen molar-refractivity contribution in [1.29, 1.82) is 0 Å². The van der Waals surface area contributed by atoms with Crippen LogP contribution in [0.4, 0.5) is 11.4 Å². The van der Waals surface area contributed by atoms with Crippen molar-refractivity contribution in [2.45, 2.75) is 4.90 Å². The normalized spacial score (nSPS) is 17.0. The molecule has 20 heavy (non-hydrogen) atoms. The van der Waals surface area contributed by atoms with Gasteiger partial charge in [-0.15, -0.1) is 4.83 Å². The first-order valence-electron chi connectivity index (χ1n) is 5.79. The van der Waals surface area contributed by atoms with Crippen LogP contribution in [0.3, 0.4) is 0 Å². The monoisotopic (exact) mass is 302 g/mol. The summed E-state index contributed by atoms with van der Waals surface area (Å²) in [5, 5.41) is 12.1. The molecule has 0 atom stereocenters. The minimum Gasteiger partial charge on any atom is -0.397 e. The topological polar surface area (TPSA) is 128 Å². The molecule has 0 spiro atoms. The molecule has 1 fully saturated rings. The molecule has 1 aliphatic rings. The Morgan fingerprint density at radius 1 is 1.35 bits per heavy atom. The van der Waals surface area contributed by atoms with E-state index in [1.807, 2.05) is 0 Å². The third-order valence-electron chi connectivity index (χ3n) is 2.75. The molecule has 0 radical (unpaired) electrons. The molecule has 0 bridgehead atoms. The number of hydrogen-bond acceptors (Lipinski definition) is 7. The van der Waals surface area contributed by atoms with Gasteiger partial charge in [-0.3, -0.25) is 10.1 Å². The number of nitro benzene ring substituents is 1. The van der Waals surface area contributed by atoms with Crippen LogP contribution in [-0.2, 0) is 14.8 Å². The molecule has 0 amide bonds. The molecular weight excluding hydrogens is 288 g/mol. The zero-order valence-electron chi connectivity index (χ0n) is 10.5. The van der Waals surface area contributed by atoms with Crippen molar-refractivity contribution in [1.82, 2.24) is 9.84 Å². The Labute approximate surface area is 115 Å². The predicted molar refractivity (Wildman–Crippen MR) is 70.2 cm³/mol. The largest absolute Gasteiger partial charge is 0.397 e. The second-order valence-corrected chi connectivity index (χ2v) is 5.80. The summed E-state index contributed by atoms with van der Waals surface area (Å²) >= 11 is 0. The second-order valence-electron chi connectivity index (χ2n) is 4.17. The van der Waals surface area contributed by atoms with E-state index in [0.717, 1.165) is 18.2 Å². The van der Waals surface area contributed by atoms with Gasteiger partial charge in [-0.1, -0.05) is 0 Å². The predicted octanol–water partition coefficient (Wildman–Crippen LogP) is -0.298. The smallest absolute Gasteiger partial charge is 0.271 e. The molecule has 2 rings (SSSR count). The summed E-state index contributed by atoms with van der Waals surface area (Å²) in [4.78, 5) is 12.1. The fraction of sp³-hybridized carbons (Fsp3) is 0.400. The van der Waals surface area contributed by atoms with E-state index >= 15 is 0 Å². The van der Waals surface area contributed by atoms with E-state index in [1.54, 1.807) is 0 Å². The standard InChI is InChI=1S/C10H14N4O5S/c11-9-7-8(14(15)16)1-2-10(9)20(17,18)12-13-3-5-19-6-4-13/h1-2,7,12H,3-6,11H2. The molecular formula is C10H14N4O5S. The van der Waals surface area contributed by atoms with Crippen LogP contribution in [0.2, 0.25) is 0 Å². The van der Waals surface area contributed by atoms with E-state index in [2.05, 4.69) is 4.83 Å². The molecule has 10 heteroatoms. The van der Waals surface area contributed by atoms with Crippen LogP contribution < -0.4 is 10.6 Å². The minimum absolute atomic E-state index is 0.167. The quantitative estimate of drug-likeness (QED) is 0.444. The van der Waals surface area contributed by atoms with Crippen molar-refractivity contribution in [3.05, 3.63) is 28.3 Å². The summed E-state index contributed by atoms with van der Waals surface area (Å²) in [7, 11) is -3.86. The Kier molecular flexibility index (Phi) is 4.18. The zero-order valence-corrected chi connectivity index (χ0v) is 11.3. The average Bonchev–Trinajstić information content (AvgIpc) is 2.38. The first kappa shape index (κ1) is 14.7. The van der Waals surface area contributed by atoms with Gasteiger partial charge in [0.05, 0.1) is 23.8 Å². The summed E-state index contributed by atoms with van der Waals surface area (Å²) in [6, 6.07) is 3.24. The van der Waals surface area contributed by atoms with Gasteiger partial charge < -0.3 is 10.5 Å². The maximum absolute atomic E-state index is 12.2. The van der Waals surface area contributed by atoms with Gasteiger partial charge in [0.2, 0.25) is 0 Å². The van der Waals surface area contributed by atoms with Gasteiger partial charge in [-0.05, 0) is 6.07 Å². The Balaban J connectivity index is 2.22. The van der Waals surface area contributed by atoms with Crippen molar-refractivity contribution in [2.24, 2.45) is 0 Å². The van der Waals surface area contributed by atoms with Gasteiger partial charge in [0.25, 0.3) is 15.7 Å². The average molecular weight is 302 g/mol. The van der Waals surface area contributed by atoms with Gasteiger partial charge in [0.15, 0.2) is 0 Å². The molecule has 1 saturated heterocycles. The Hall–Kier alpha value is -1.75. The van der Waals surface area contributed by atoms with Crippen molar-refractivity contribution < 1.29 is 18.1 Å². The Morgan fingerprint density at radius 2 is 2.00 bits per heavy atom. The number of nitrogens with one attached hydrogen (secondary N) is 1. The van der Waals surface area contributed by atoms with Crippen LogP contribution in [0.5, 0.6) is 0 Å². The summed E-state index contributed by atoms with van der Waals surface area (Å²) in [6.07, 6.45) is 0. The van der Waals surface area contributed by atoms with Gasteiger partial charge >= 0.3 is 0 Å². The van der Waals surface area contributed by atoms with Crippen LogP contribution in [-0.4, -0.2) is 44.7 Å². The highest BCUT2D eigenvalue weighted by molar-refractivity contribution is 7.89. The van der Waals surface area contributed by atoms with E-state index in [9.17, 15) is 18.5 Å². The van der Waals surface area contributed by atoms with E-state index < -0.39 is 14.9 Å². The van der Waals surface area contributed by atoms with Crippen molar-refractivity contribution in [2.75, 3.05) is 32.0 Å². The van der Waals surface area contributed by atoms with Gasteiger partial charge in [0.1, 0.15) is 4.90 Å². The van der Waals surface area contributed by atoms with Gasteiger partial charge in [0, 0.05) is 25.2 Å². The fourth-order valence-electron chi connectivity index (χ4n) is 1.77. The first-order valence-corrected chi connectivity index (χ1v) is 7.27. The lowest BCUT2D eigenvalue weighted by molar-refractivity contribution is -0.384. The number of nitrogens with zero attached hydrogens (tertiary/aromatic N) is 2. The number of morpholine rings is 1. The molecule has 0 saturated carbocycles. The zero-order chi connectivity index (χ0) is 14.8. The molecule has 1 aliphatic heterocycles. The third-order valence-corrected chi connectivity index (χ3v) is 4.20. The number of anilines is 1. The maximum atomic E-state index is 12.2. The Morgan fingerprint density at radius 3 is 2.55 bits per heavy atom. The molecule has 1 heterocycles. The molecule has 110 valence electrons. The van der Waals surface area contributed by atoms with Crippen LogP contribution >= 0.6 is 0 Å². The summed E-state index contributed by atoms with van der Waals surface area (Å²) < 4.78 is 29.4. The summed E-state index contributed by atoms with van der Waals surface area (Å²) in [5.74, 6) is 0. The van der Waals surface area contributed by atoms with Crippen molar-refractivity contribution in [3.8, 4) is 0 Å². The summed E-state index contributed by atoms with van der Waals surface area (Å²) in [6.45, 7) is 1.70. The van der Waals surface area contributed by atoms with Crippen molar-refractivity contribution in [3.63, 3.8) is 0 Å². The highest BCUT2D eigenvalue weighted by Crippen LogP contribution is 2.23. The number of hydrazine groups is 1. The number of benzene rings is 1. The SMILES string of the molecule is Nc1cc([N+](=O)[O-])ccc1S(=O)(=O)NN1CCOCC1. The van der Waals surface area contributed by atoms with Crippen LogP contribution in [0.1, 0.15) is 0 Å². The number of non-ortho nitro benzene ring substituents is 1. The fourth-order valence-corrected chi connectivity index (χ4v) is 3.01. The lowest BCUT2D eigenvalue weighted by atomic mass is 10.3. The Bertz CT molecular complexity index is 612. The number of nitrogens with two attached hydrogens (primary N) is 1. The highest BCUT2D eigenvalue weighted by Gasteiger charge is 2.23. The molecule has 9 nitrogen and oxygen atoms in total. The lowest BCUT2D eigenvalue weighted by Crippen LogP contribution is -2.48. The van der Waals surface area contributed by atoms with Crippen LogP contribution in [0.25, 0.3) is 0 Å². The summed E-state index contributed by atoms with van der Waals surface area (Å²) in [5.41, 5.74) is 5.16.